The molecule has 3 aromatic carbocycles. The molecule has 5 rings (SSSR count). The summed E-state index contributed by atoms with van der Waals surface area (Å²) in [5.41, 5.74) is 3.58. The molecule has 2 heterocycles. The number of pyridine rings is 1. The zero-order valence-electron chi connectivity index (χ0n) is 18.3. The molecule has 0 saturated carbocycles. The van der Waals surface area contributed by atoms with Crippen LogP contribution < -0.4 is 9.80 Å². The molecule has 7 heteroatoms. The largest absolute Gasteiger partial charge is 0.368 e. The zero-order chi connectivity index (χ0) is 23.0. The van der Waals surface area contributed by atoms with Gasteiger partial charge in [0.15, 0.2) is 0 Å². The Morgan fingerprint density at radius 2 is 1.52 bits per heavy atom. The molecule has 5 nitrogen and oxygen atoms in total. The van der Waals surface area contributed by atoms with E-state index in [-0.39, 0.29) is 9.79 Å². The van der Waals surface area contributed by atoms with Crippen LogP contribution in [0.4, 0.5) is 11.4 Å². The molecular formula is C26H24ClN3O2S. The average molecular weight is 478 g/mol. The highest BCUT2D eigenvalue weighted by Gasteiger charge is 2.29. The van der Waals surface area contributed by atoms with E-state index in [0.717, 1.165) is 29.6 Å². The van der Waals surface area contributed by atoms with Crippen LogP contribution in [0.15, 0.2) is 88.8 Å². The predicted octanol–water partition coefficient (Wildman–Crippen LogP) is 5.36. The van der Waals surface area contributed by atoms with E-state index in [1.54, 1.807) is 18.2 Å². The molecule has 0 radical (unpaired) electrons. The van der Waals surface area contributed by atoms with Crippen molar-refractivity contribution in [3.63, 3.8) is 0 Å². The van der Waals surface area contributed by atoms with E-state index in [1.165, 1.54) is 11.9 Å². The molecule has 0 N–H and O–H groups in total. The lowest BCUT2D eigenvalue weighted by molar-refractivity contribution is 0.594. The summed E-state index contributed by atoms with van der Waals surface area (Å²) in [5.74, 6) is 0. The SMILES string of the molecule is Cc1ccc(S(=O)(=O)c2cnc3ccc(Cl)cc3c2N2CCN(c3ccccc3)CC2)cc1. The number of halogens is 1. The van der Waals surface area contributed by atoms with Crippen molar-refractivity contribution in [2.75, 3.05) is 36.0 Å². The molecule has 4 aromatic rings. The number of piperazine rings is 1. The third-order valence-electron chi connectivity index (χ3n) is 6.11. The van der Waals surface area contributed by atoms with Crippen LogP contribution in [-0.2, 0) is 9.84 Å². The average Bonchev–Trinajstić information content (AvgIpc) is 2.84. The maximum atomic E-state index is 13.7. The molecule has 168 valence electrons. The number of rotatable bonds is 4. The fraction of sp³-hybridized carbons (Fsp3) is 0.192. The monoisotopic (exact) mass is 477 g/mol. The van der Waals surface area contributed by atoms with Crippen LogP contribution in [0.2, 0.25) is 5.02 Å². The summed E-state index contributed by atoms with van der Waals surface area (Å²) in [4.78, 5) is 9.43. The third-order valence-corrected chi connectivity index (χ3v) is 8.11. The van der Waals surface area contributed by atoms with Gasteiger partial charge >= 0.3 is 0 Å². The molecule has 0 bridgehead atoms. The maximum absolute atomic E-state index is 13.7. The highest BCUT2D eigenvalue weighted by molar-refractivity contribution is 7.91. The second-order valence-corrected chi connectivity index (χ2v) is 10.6. The lowest BCUT2D eigenvalue weighted by Gasteiger charge is -2.38. The predicted molar refractivity (Wildman–Crippen MR) is 134 cm³/mol. The molecule has 1 aromatic heterocycles. The van der Waals surface area contributed by atoms with Crippen LogP contribution in [0.3, 0.4) is 0 Å². The quantitative estimate of drug-likeness (QED) is 0.396. The van der Waals surface area contributed by atoms with Crippen LogP contribution >= 0.6 is 11.6 Å². The summed E-state index contributed by atoms with van der Waals surface area (Å²) in [6, 6.07) is 22.7. The Bertz CT molecular complexity index is 1400. The Balaban J connectivity index is 1.60. The van der Waals surface area contributed by atoms with E-state index >= 15 is 0 Å². The first kappa shape index (κ1) is 21.7. The van der Waals surface area contributed by atoms with Gasteiger partial charge in [-0.2, -0.15) is 0 Å². The van der Waals surface area contributed by atoms with Gasteiger partial charge in [-0.15, -0.1) is 0 Å². The van der Waals surface area contributed by atoms with Gasteiger partial charge < -0.3 is 9.80 Å². The minimum absolute atomic E-state index is 0.217. The molecule has 0 unspecified atom stereocenters. The molecule has 0 spiro atoms. The van der Waals surface area contributed by atoms with E-state index in [1.807, 2.05) is 49.4 Å². The van der Waals surface area contributed by atoms with Crippen molar-refractivity contribution >= 4 is 43.7 Å². The van der Waals surface area contributed by atoms with Gasteiger partial charge in [-0.25, -0.2) is 8.42 Å². The van der Waals surface area contributed by atoms with Crippen LogP contribution in [0.5, 0.6) is 0 Å². The van der Waals surface area contributed by atoms with E-state index in [4.69, 9.17) is 11.6 Å². The molecule has 33 heavy (non-hydrogen) atoms. The molecule has 1 saturated heterocycles. The minimum Gasteiger partial charge on any atom is -0.368 e. The molecule has 1 aliphatic rings. The number of anilines is 2. The van der Waals surface area contributed by atoms with Crippen molar-refractivity contribution in [3.05, 3.63) is 89.6 Å². The first-order valence-corrected chi connectivity index (χ1v) is 12.7. The lowest BCUT2D eigenvalue weighted by Crippen LogP contribution is -2.47. The number of para-hydroxylation sites is 1. The van der Waals surface area contributed by atoms with Crippen LogP contribution in [0.1, 0.15) is 5.56 Å². The Labute approximate surface area is 199 Å². The van der Waals surface area contributed by atoms with E-state index in [9.17, 15) is 8.42 Å². The van der Waals surface area contributed by atoms with Crippen molar-refractivity contribution in [2.45, 2.75) is 16.7 Å². The van der Waals surface area contributed by atoms with Crippen molar-refractivity contribution in [1.82, 2.24) is 4.98 Å². The number of sulfone groups is 1. The summed E-state index contributed by atoms with van der Waals surface area (Å²) in [6.07, 6.45) is 1.49. The number of hydrogen-bond donors (Lipinski definition) is 0. The van der Waals surface area contributed by atoms with Crippen LogP contribution in [-0.4, -0.2) is 39.6 Å². The summed E-state index contributed by atoms with van der Waals surface area (Å²) in [7, 11) is -3.77. The molecule has 0 amide bonds. The van der Waals surface area contributed by atoms with Crippen molar-refractivity contribution < 1.29 is 8.42 Å². The second kappa shape index (κ2) is 8.69. The van der Waals surface area contributed by atoms with E-state index in [0.29, 0.717) is 23.8 Å². The number of nitrogens with zero attached hydrogens (tertiary/aromatic N) is 3. The number of aryl methyl sites for hydroxylation is 1. The number of aromatic nitrogens is 1. The molecule has 0 aliphatic carbocycles. The second-order valence-electron chi connectivity index (χ2n) is 8.26. The van der Waals surface area contributed by atoms with E-state index < -0.39 is 9.84 Å². The summed E-state index contributed by atoms with van der Waals surface area (Å²) in [5, 5.41) is 1.31. The fourth-order valence-corrected chi connectivity index (χ4v) is 5.93. The first-order chi connectivity index (χ1) is 15.9. The van der Waals surface area contributed by atoms with Crippen LogP contribution in [0, 0.1) is 6.92 Å². The van der Waals surface area contributed by atoms with Gasteiger partial charge in [0.2, 0.25) is 9.84 Å². The van der Waals surface area contributed by atoms with E-state index in [2.05, 4.69) is 26.9 Å². The molecule has 1 aliphatic heterocycles. The van der Waals surface area contributed by atoms with Gasteiger partial charge in [0, 0.05) is 48.5 Å². The molecular weight excluding hydrogens is 454 g/mol. The van der Waals surface area contributed by atoms with Crippen molar-refractivity contribution in [2.24, 2.45) is 0 Å². The third kappa shape index (κ3) is 4.16. The first-order valence-electron chi connectivity index (χ1n) is 10.9. The van der Waals surface area contributed by atoms with Gasteiger partial charge in [-0.05, 0) is 49.4 Å². The Hall–Kier alpha value is -3.09. The Kier molecular flexibility index (Phi) is 5.72. The standard InChI is InChI=1S/C26H24ClN3O2S/c1-19-7-10-22(11-8-19)33(31,32)25-18-28-24-12-9-20(27)17-23(24)26(25)30-15-13-29(14-16-30)21-5-3-2-4-6-21/h2-12,17-18H,13-16H2,1H3. The summed E-state index contributed by atoms with van der Waals surface area (Å²) in [6.45, 7) is 4.90. The maximum Gasteiger partial charge on any atom is 0.210 e. The number of hydrogen-bond acceptors (Lipinski definition) is 5. The van der Waals surface area contributed by atoms with Gasteiger partial charge in [-0.3, -0.25) is 4.98 Å². The molecule has 0 atom stereocenters. The summed E-state index contributed by atoms with van der Waals surface area (Å²) < 4.78 is 27.4. The topological polar surface area (TPSA) is 53.5 Å². The fourth-order valence-electron chi connectivity index (χ4n) is 4.33. The van der Waals surface area contributed by atoms with Gasteiger partial charge in [-0.1, -0.05) is 47.5 Å². The van der Waals surface area contributed by atoms with Gasteiger partial charge in [0.1, 0.15) is 4.90 Å². The number of benzene rings is 3. The highest BCUT2D eigenvalue weighted by atomic mass is 35.5. The number of fused-ring (bicyclic) bond motifs is 1. The van der Waals surface area contributed by atoms with Gasteiger partial charge in [0.25, 0.3) is 0 Å². The smallest absolute Gasteiger partial charge is 0.210 e. The Morgan fingerprint density at radius 3 is 2.21 bits per heavy atom. The molecule has 1 fully saturated rings. The Morgan fingerprint density at radius 1 is 0.848 bits per heavy atom. The summed E-state index contributed by atoms with van der Waals surface area (Å²) >= 11 is 6.33. The van der Waals surface area contributed by atoms with Crippen molar-refractivity contribution in [3.8, 4) is 0 Å². The highest BCUT2D eigenvalue weighted by Crippen LogP contribution is 2.37. The zero-order valence-corrected chi connectivity index (χ0v) is 19.9. The van der Waals surface area contributed by atoms with Crippen LogP contribution in [0.25, 0.3) is 10.9 Å². The lowest BCUT2D eigenvalue weighted by atomic mass is 10.1. The van der Waals surface area contributed by atoms with Crippen molar-refractivity contribution in [1.29, 1.82) is 0 Å². The van der Waals surface area contributed by atoms with Gasteiger partial charge in [0.05, 0.1) is 16.1 Å². The minimum atomic E-state index is -3.77. The normalized spacial score (nSPS) is 14.6.